The summed E-state index contributed by atoms with van der Waals surface area (Å²) in [6, 6.07) is 18.5. The first-order valence-corrected chi connectivity index (χ1v) is 8.52. The molecule has 3 aromatic rings. The Morgan fingerprint density at radius 2 is 1.70 bits per heavy atom. The zero-order valence-corrected chi connectivity index (χ0v) is 15.2. The van der Waals surface area contributed by atoms with Crippen molar-refractivity contribution in [1.82, 2.24) is 14.9 Å². The molecule has 6 heteroatoms. The third kappa shape index (κ3) is 4.76. The minimum Gasteiger partial charge on any atom is -0.340 e. The average Bonchev–Trinajstić information content (AvgIpc) is 2.69. The summed E-state index contributed by atoms with van der Waals surface area (Å²) in [6.45, 7) is 2.02. The van der Waals surface area contributed by atoms with Crippen LogP contribution in [-0.4, -0.2) is 33.6 Å². The quantitative estimate of drug-likeness (QED) is 0.679. The molecule has 0 saturated heterocycles. The lowest BCUT2D eigenvalue weighted by atomic mass is 10.1. The second kappa shape index (κ2) is 8.23. The monoisotopic (exact) mass is 360 g/mol. The molecular formula is C21H20N4O2. The van der Waals surface area contributed by atoms with Crippen molar-refractivity contribution in [3.8, 4) is 0 Å². The molecule has 0 saturated carbocycles. The van der Waals surface area contributed by atoms with Gasteiger partial charge in [0.05, 0.1) is 0 Å². The Kier molecular flexibility index (Phi) is 5.56. The van der Waals surface area contributed by atoms with E-state index in [0.717, 1.165) is 11.3 Å². The number of hydrogen-bond donors (Lipinski definition) is 1. The van der Waals surface area contributed by atoms with Crippen LogP contribution in [0.5, 0.6) is 0 Å². The third-order valence-electron chi connectivity index (χ3n) is 4.06. The van der Waals surface area contributed by atoms with Crippen LogP contribution in [0.1, 0.15) is 33.3 Å². The summed E-state index contributed by atoms with van der Waals surface area (Å²) in [5.41, 5.74) is 2.77. The summed E-state index contributed by atoms with van der Waals surface area (Å²) in [6.07, 6.45) is 1.36. The van der Waals surface area contributed by atoms with Crippen molar-refractivity contribution in [3.63, 3.8) is 0 Å². The number of carbonyl (C=O) groups is 2. The van der Waals surface area contributed by atoms with Gasteiger partial charge in [-0.15, -0.1) is 0 Å². The number of amides is 1. The first kappa shape index (κ1) is 18.3. The molecular weight excluding hydrogens is 340 g/mol. The van der Waals surface area contributed by atoms with Crippen molar-refractivity contribution in [2.45, 2.75) is 13.5 Å². The molecule has 136 valence electrons. The van der Waals surface area contributed by atoms with Crippen LogP contribution >= 0.6 is 0 Å². The molecule has 0 fully saturated rings. The van der Waals surface area contributed by atoms with Gasteiger partial charge in [-0.3, -0.25) is 9.59 Å². The van der Waals surface area contributed by atoms with Gasteiger partial charge in [-0.1, -0.05) is 30.3 Å². The molecule has 0 aliphatic heterocycles. The topological polar surface area (TPSA) is 75.2 Å². The Morgan fingerprint density at radius 3 is 2.37 bits per heavy atom. The lowest BCUT2D eigenvalue weighted by Gasteiger charge is -2.17. The number of nitrogens with zero attached hydrogens (tertiary/aromatic N) is 3. The summed E-state index contributed by atoms with van der Waals surface area (Å²) in [5.74, 6) is 0.339. The van der Waals surface area contributed by atoms with E-state index in [-0.39, 0.29) is 11.7 Å². The van der Waals surface area contributed by atoms with Gasteiger partial charge in [-0.05, 0) is 36.8 Å². The Bertz CT molecular complexity index is 940. The zero-order valence-electron chi connectivity index (χ0n) is 15.2. The predicted octanol–water partition coefficient (Wildman–Crippen LogP) is 3.70. The van der Waals surface area contributed by atoms with Crippen LogP contribution in [0.15, 0.2) is 67.0 Å². The van der Waals surface area contributed by atoms with Crippen molar-refractivity contribution in [2.75, 3.05) is 12.4 Å². The van der Waals surface area contributed by atoms with Crippen molar-refractivity contribution in [1.29, 1.82) is 0 Å². The van der Waals surface area contributed by atoms with E-state index < -0.39 is 0 Å². The van der Waals surface area contributed by atoms with E-state index in [1.54, 1.807) is 42.3 Å². The normalized spacial score (nSPS) is 10.3. The van der Waals surface area contributed by atoms with E-state index in [4.69, 9.17) is 0 Å². The maximum Gasteiger partial charge on any atom is 0.272 e. The molecule has 0 aliphatic rings. The molecule has 1 N–H and O–H groups in total. The fourth-order valence-electron chi connectivity index (χ4n) is 2.60. The lowest BCUT2D eigenvalue weighted by molar-refractivity contribution is 0.0779. The Labute approximate surface area is 157 Å². The van der Waals surface area contributed by atoms with Crippen LogP contribution in [0, 0.1) is 0 Å². The number of Topliss-reactive ketones (excluding diaryl/α,β-unsaturated/α-hetero) is 1. The molecule has 0 aliphatic carbocycles. The van der Waals surface area contributed by atoms with Crippen LogP contribution in [-0.2, 0) is 6.54 Å². The van der Waals surface area contributed by atoms with E-state index in [1.165, 1.54) is 13.3 Å². The number of rotatable bonds is 6. The molecule has 0 atom stereocenters. The highest BCUT2D eigenvalue weighted by Crippen LogP contribution is 2.16. The number of carbonyl (C=O) groups excluding carboxylic acids is 2. The second-order valence-corrected chi connectivity index (χ2v) is 6.19. The van der Waals surface area contributed by atoms with E-state index in [9.17, 15) is 9.59 Å². The molecule has 2 aromatic carbocycles. The zero-order chi connectivity index (χ0) is 19.2. The van der Waals surface area contributed by atoms with Crippen molar-refractivity contribution < 1.29 is 9.59 Å². The summed E-state index contributed by atoms with van der Waals surface area (Å²) in [5, 5.41) is 3.12. The Balaban J connectivity index is 1.70. The third-order valence-corrected chi connectivity index (χ3v) is 4.06. The minimum atomic E-state index is -0.184. The first-order chi connectivity index (χ1) is 13.0. The van der Waals surface area contributed by atoms with Gasteiger partial charge in [0.25, 0.3) is 5.91 Å². The molecule has 27 heavy (non-hydrogen) atoms. The largest absolute Gasteiger partial charge is 0.340 e. The number of nitrogens with one attached hydrogen (secondary N) is 1. The van der Waals surface area contributed by atoms with Crippen molar-refractivity contribution in [3.05, 3.63) is 83.8 Å². The number of aromatic nitrogens is 2. The SMILES string of the molecule is CC(=O)c1ccc(Nc2cc(C(=O)N(C)Cc3ccccc3)ncn2)cc1. The van der Waals surface area contributed by atoms with Crippen LogP contribution in [0.2, 0.25) is 0 Å². The molecule has 0 spiro atoms. The maximum absolute atomic E-state index is 12.6. The summed E-state index contributed by atoms with van der Waals surface area (Å²) < 4.78 is 0. The fraction of sp³-hybridized carbons (Fsp3) is 0.143. The van der Waals surface area contributed by atoms with Crippen LogP contribution in [0.25, 0.3) is 0 Å². The average molecular weight is 360 g/mol. The fourth-order valence-corrected chi connectivity index (χ4v) is 2.60. The highest BCUT2D eigenvalue weighted by molar-refractivity contribution is 5.94. The number of benzene rings is 2. The number of ketones is 1. The molecule has 1 amide bonds. The minimum absolute atomic E-state index is 0.0120. The molecule has 0 unspecified atom stereocenters. The number of anilines is 2. The van der Waals surface area contributed by atoms with E-state index in [2.05, 4.69) is 15.3 Å². The van der Waals surface area contributed by atoms with E-state index in [0.29, 0.717) is 23.6 Å². The molecule has 0 radical (unpaired) electrons. The van der Waals surface area contributed by atoms with E-state index >= 15 is 0 Å². The molecule has 1 heterocycles. The van der Waals surface area contributed by atoms with Gasteiger partial charge in [0, 0.05) is 30.9 Å². The molecule has 1 aromatic heterocycles. The van der Waals surface area contributed by atoms with Gasteiger partial charge in [0.2, 0.25) is 0 Å². The summed E-state index contributed by atoms with van der Waals surface area (Å²) >= 11 is 0. The van der Waals surface area contributed by atoms with Gasteiger partial charge < -0.3 is 10.2 Å². The predicted molar refractivity (Wildman–Crippen MR) is 104 cm³/mol. The van der Waals surface area contributed by atoms with Gasteiger partial charge in [0.1, 0.15) is 17.8 Å². The van der Waals surface area contributed by atoms with E-state index in [1.807, 2.05) is 30.3 Å². The summed E-state index contributed by atoms with van der Waals surface area (Å²) in [7, 11) is 1.74. The highest BCUT2D eigenvalue weighted by Gasteiger charge is 2.14. The van der Waals surface area contributed by atoms with Crippen LogP contribution < -0.4 is 5.32 Å². The van der Waals surface area contributed by atoms with Gasteiger partial charge in [-0.25, -0.2) is 9.97 Å². The number of hydrogen-bond acceptors (Lipinski definition) is 5. The van der Waals surface area contributed by atoms with Gasteiger partial charge in [-0.2, -0.15) is 0 Å². The van der Waals surface area contributed by atoms with Gasteiger partial charge in [0.15, 0.2) is 5.78 Å². The molecule has 0 bridgehead atoms. The van der Waals surface area contributed by atoms with Crippen LogP contribution in [0.4, 0.5) is 11.5 Å². The molecule has 6 nitrogen and oxygen atoms in total. The smallest absolute Gasteiger partial charge is 0.272 e. The highest BCUT2D eigenvalue weighted by atomic mass is 16.2. The summed E-state index contributed by atoms with van der Waals surface area (Å²) in [4.78, 5) is 33.9. The van der Waals surface area contributed by atoms with Crippen molar-refractivity contribution >= 4 is 23.2 Å². The lowest BCUT2D eigenvalue weighted by Crippen LogP contribution is -2.27. The standard InChI is InChI=1S/C21H20N4O2/c1-15(26)17-8-10-18(11-9-17)24-20-12-19(22-14-23-20)21(27)25(2)13-16-6-4-3-5-7-16/h3-12,14H,13H2,1-2H3,(H,22,23,24). The van der Waals surface area contributed by atoms with Crippen molar-refractivity contribution in [2.24, 2.45) is 0 Å². The molecule has 3 rings (SSSR count). The van der Waals surface area contributed by atoms with Gasteiger partial charge >= 0.3 is 0 Å². The van der Waals surface area contributed by atoms with Crippen LogP contribution in [0.3, 0.4) is 0 Å². The second-order valence-electron chi connectivity index (χ2n) is 6.19. The first-order valence-electron chi connectivity index (χ1n) is 8.52. The Hall–Kier alpha value is -3.54. The maximum atomic E-state index is 12.6. The Morgan fingerprint density at radius 1 is 1.00 bits per heavy atom.